The second-order valence-electron chi connectivity index (χ2n) is 5.47. The van der Waals surface area contributed by atoms with Crippen molar-refractivity contribution in [2.75, 3.05) is 11.9 Å². The van der Waals surface area contributed by atoms with Crippen LogP contribution >= 0.6 is 0 Å². The molecule has 1 aromatic carbocycles. The number of rotatable bonds is 2. The minimum absolute atomic E-state index is 0.429. The predicted octanol–water partition coefficient (Wildman–Crippen LogP) is 3.01. The van der Waals surface area contributed by atoms with Crippen molar-refractivity contribution in [1.29, 1.82) is 0 Å². The van der Waals surface area contributed by atoms with Gasteiger partial charge in [-0.3, -0.25) is 0 Å². The third kappa shape index (κ3) is 2.81. The van der Waals surface area contributed by atoms with E-state index in [-0.39, 0.29) is 0 Å². The Morgan fingerprint density at radius 2 is 1.76 bits per heavy atom. The van der Waals surface area contributed by atoms with Crippen LogP contribution in [0, 0.1) is 13.8 Å². The molecule has 1 aliphatic carbocycles. The first-order valence-corrected chi connectivity index (χ1v) is 6.63. The predicted molar refractivity (Wildman–Crippen MR) is 74.6 cm³/mol. The average molecular weight is 232 g/mol. The molecule has 0 aromatic heterocycles. The summed E-state index contributed by atoms with van der Waals surface area (Å²) in [4.78, 5) is 2.45. The van der Waals surface area contributed by atoms with E-state index in [2.05, 4.69) is 44.0 Å². The third-order valence-corrected chi connectivity index (χ3v) is 4.02. The lowest BCUT2D eigenvalue weighted by atomic mass is 9.90. The van der Waals surface area contributed by atoms with Gasteiger partial charge in [0.1, 0.15) is 0 Å². The second kappa shape index (κ2) is 5.09. The van der Waals surface area contributed by atoms with Gasteiger partial charge in [-0.25, -0.2) is 0 Å². The van der Waals surface area contributed by atoms with E-state index >= 15 is 0 Å². The molecule has 94 valence electrons. The number of aryl methyl sites for hydroxylation is 2. The van der Waals surface area contributed by atoms with Gasteiger partial charge in [0.05, 0.1) is 0 Å². The van der Waals surface area contributed by atoms with E-state index in [9.17, 15) is 0 Å². The van der Waals surface area contributed by atoms with Crippen LogP contribution in [0.2, 0.25) is 0 Å². The Morgan fingerprint density at radius 3 is 2.35 bits per heavy atom. The fraction of sp³-hybridized carbons (Fsp3) is 0.600. The van der Waals surface area contributed by atoms with Crippen LogP contribution in [0.4, 0.5) is 5.69 Å². The number of hydrogen-bond donors (Lipinski definition) is 1. The molecule has 2 nitrogen and oxygen atoms in total. The highest BCUT2D eigenvalue weighted by Gasteiger charge is 2.22. The van der Waals surface area contributed by atoms with Gasteiger partial charge in [0.25, 0.3) is 0 Å². The molecule has 1 fully saturated rings. The van der Waals surface area contributed by atoms with Gasteiger partial charge in [-0.2, -0.15) is 0 Å². The molecule has 0 heterocycles. The van der Waals surface area contributed by atoms with Crippen molar-refractivity contribution >= 4 is 5.69 Å². The van der Waals surface area contributed by atoms with Gasteiger partial charge in [0.2, 0.25) is 0 Å². The number of benzene rings is 1. The summed E-state index contributed by atoms with van der Waals surface area (Å²) in [6, 6.07) is 7.81. The molecule has 0 radical (unpaired) electrons. The van der Waals surface area contributed by atoms with Crippen molar-refractivity contribution in [2.45, 2.75) is 51.6 Å². The SMILES string of the molecule is Cc1ccc(N(C)C2CCC(N)CC2)c(C)c1. The molecule has 0 amide bonds. The zero-order valence-corrected chi connectivity index (χ0v) is 11.2. The van der Waals surface area contributed by atoms with Gasteiger partial charge in [0.15, 0.2) is 0 Å². The van der Waals surface area contributed by atoms with E-state index in [0.29, 0.717) is 12.1 Å². The second-order valence-corrected chi connectivity index (χ2v) is 5.47. The number of nitrogens with zero attached hydrogens (tertiary/aromatic N) is 1. The van der Waals surface area contributed by atoms with E-state index in [1.807, 2.05) is 0 Å². The van der Waals surface area contributed by atoms with Crippen LogP contribution in [0.15, 0.2) is 18.2 Å². The number of nitrogens with two attached hydrogens (primary N) is 1. The molecule has 0 atom stereocenters. The lowest BCUT2D eigenvalue weighted by Crippen LogP contribution is -2.39. The molecule has 17 heavy (non-hydrogen) atoms. The van der Waals surface area contributed by atoms with Crippen molar-refractivity contribution in [1.82, 2.24) is 0 Å². The van der Waals surface area contributed by atoms with Crippen LogP contribution in [-0.4, -0.2) is 19.1 Å². The van der Waals surface area contributed by atoms with Gasteiger partial charge in [-0.05, 0) is 51.2 Å². The van der Waals surface area contributed by atoms with Crippen molar-refractivity contribution in [3.8, 4) is 0 Å². The molecule has 0 bridgehead atoms. The first-order chi connectivity index (χ1) is 8.08. The molecule has 0 unspecified atom stereocenters. The lowest BCUT2D eigenvalue weighted by Gasteiger charge is -2.35. The van der Waals surface area contributed by atoms with Crippen LogP contribution in [0.25, 0.3) is 0 Å². The molecule has 2 N–H and O–H groups in total. The summed E-state index contributed by atoms with van der Waals surface area (Å²) in [5, 5.41) is 0. The van der Waals surface area contributed by atoms with Crippen molar-refractivity contribution < 1.29 is 0 Å². The van der Waals surface area contributed by atoms with Crippen LogP contribution in [0.5, 0.6) is 0 Å². The van der Waals surface area contributed by atoms with Gasteiger partial charge in [0, 0.05) is 24.8 Å². The smallest absolute Gasteiger partial charge is 0.0396 e. The highest BCUT2D eigenvalue weighted by Crippen LogP contribution is 2.28. The molecular weight excluding hydrogens is 208 g/mol. The highest BCUT2D eigenvalue weighted by atomic mass is 15.1. The molecule has 1 saturated carbocycles. The molecule has 2 heteroatoms. The molecule has 0 spiro atoms. The van der Waals surface area contributed by atoms with E-state index in [1.54, 1.807) is 0 Å². The number of anilines is 1. The highest BCUT2D eigenvalue weighted by molar-refractivity contribution is 5.54. The Balaban J connectivity index is 2.11. The maximum atomic E-state index is 5.97. The van der Waals surface area contributed by atoms with Gasteiger partial charge in [-0.1, -0.05) is 17.7 Å². The van der Waals surface area contributed by atoms with Crippen molar-refractivity contribution in [3.63, 3.8) is 0 Å². The zero-order chi connectivity index (χ0) is 12.4. The lowest BCUT2D eigenvalue weighted by molar-refractivity contribution is 0.385. The average Bonchev–Trinajstić information content (AvgIpc) is 2.29. The summed E-state index contributed by atoms with van der Waals surface area (Å²) in [5.74, 6) is 0. The molecule has 0 aliphatic heterocycles. The summed E-state index contributed by atoms with van der Waals surface area (Å²) >= 11 is 0. The summed E-state index contributed by atoms with van der Waals surface area (Å²) in [5.41, 5.74) is 10.1. The molecule has 0 saturated heterocycles. The first kappa shape index (κ1) is 12.4. The Bertz CT molecular complexity index is 379. The van der Waals surface area contributed by atoms with Crippen molar-refractivity contribution in [3.05, 3.63) is 29.3 Å². The van der Waals surface area contributed by atoms with Gasteiger partial charge in [-0.15, -0.1) is 0 Å². The Labute approximate surface area is 105 Å². The standard InChI is InChI=1S/C15H24N2/c1-11-4-9-15(12(2)10-11)17(3)14-7-5-13(16)6-8-14/h4,9-10,13-14H,5-8,16H2,1-3H3. The Kier molecular flexibility index (Phi) is 3.72. The van der Waals surface area contributed by atoms with Crippen LogP contribution in [0.1, 0.15) is 36.8 Å². The summed E-state index contributed by atoms with van der Waals surface area (Å²) < 4.78 is 0. The molecule has 1 aliphatic rings. The van der Waals surface area contributed by atoms with Gasteiger partial charge >= 0.3 is 0 Å². The topological polar surface area (TPSA) is 29.3 Å². The van der Waals surface area contributed by atoms with E-state index < -0.39 is 0 Å². The molecule has 2 rings (SSSR count). The number of hydrogen-bond acceptors (Lipinski definition) is 2. The summed E-state index contributed by atoms with van der Waals surface area (Å²) in [7, 11) is 2.22. The maximum Gasteiger partial charge on any atom is 0.0396 e. The normalized spacial score (nSPS) is 24.7. The fourth-order valence-electron chi connectivity index (χ4n) is 2.89. The van der Waals surface area contributed by atoms with E-state index in [1.165, 1.54) is 42.5 Å². The maximum absolute atomic E-state index is 5.97. The van der Waals surface area contributed by atoms with E-state index in [4.69, 9.17) is 5.73 Å². The minimum atomic E-state index is 0.429. The van der Waals surface area contributed by atoms with Crippen LogP contribution in [-0.2, 0) is 0 Å². The quantitative estimate of drug-likeness (QED) is 0.849. The van der Waals surface area contributed by atoms with Crippen molar-refractivity contribution in [2.24, 2.45) is 5.73 Å². The summed E-state index contributed by atoms with van der Waals surface area (Å²) in [6.07, 6.45) is 4.79. The minimum Gasteiger partial charge on any atom is -0.371 e. The van der Waals surface area contributed by atoms with Crippen LogP contribution in [0.3, 0.4) is 0 Å². The fourth-order valence-corrected chi connectivity index (χ4v) is 2.89. The van der Waals surface area contributed by atoms with Crippen LogP contribution < -0.4 is 10.6 Å². The third-order valence-electron chi connectivity index (χ3n) is 4.02. The Morgan fingerprint density at radius 1 is 1.12 bits per heavy atom. The van der Waals surface area contributed by atoms with Gasteiger partial charge < -0.3 is 10.6 Å². The molecular formula is C15H24N2. The van der Waals surface area contributed by atoms with E-state index in [0.717, 1.165) is 0 Å². The first-order valence-electron chi connectivity index (χ1n) is 6.63. The zero-order valence-electron chi connectivity index (χ0n) is 11.2. The largest absolute Gasteiger partial charge is 0.371 e. The summed E-state index contributed by atoms with van der Waals surface area (Å²) in [6.45, 7) is 4.35. The monoisotopic (exact) mass is 232 g/mol. The molecule has 1 aromatic rings. The Hall–Kier alpha value is -1.02.